The molecule has 7 aromatic carbocycles. The average molecular weight is 785 g/mol. The summed E-state index contributed by atoms with van der Waals surface area (Å²) >= 11 is 0. The highest BCUT2D eigenvalue weighted by Gasteiger charge is 1.93. The molecule has 0 fully saturated rings. The van der Waals surface area contributed by atoms with E-state index in [0.717, 1.165) is 34.2 Å². The topological polar surface area (TPSA) is 142 Å². The minimum Gasteiger partial charge on any atom is -0.508 e. The minimum atomic E-state index is 0.322. The Morgan fingerprint density at radius 2 is 0.724 bits per heavy atom. The zero-order valence-electron chi connectivity index (χ0n) is 34.9. The quantitative estimate of drug-likeness (QED) is 0.0878. The Morgan fingerprint density at radius 1 is 0.293 bits per heavy atom. The molecule has 7 aromatic rings. The zero-order valence-corrected chi connectivity index (χ0v) is 34.9. The third-order valence-electron chi connectivity index (χ3n) is 7.97. The fraction of sp³-hybridized carbons (Fsp3) is 0.176. The summed E-state index contributed by atoms with van der Waals surface area (Å²) in [6.07, 6.45) is 1.03. The first-order valence-electron chi connectivity index (χ1n) is 18.8. The molecule has 0 heterocycles. The molecule has 0 aliphatic heterocycles. The van der Waals surface area contributed by atoms with E-state index in [9.17, 15) is 0 Å². The van der Waals surface area contributed by atoms with Crippen LogP contribution in [-0.4, -0.2) is 35.7 Å². The van der Waals surface area contributed by atoms with E-state index in [2.05, 4.69) is 6.92 Å². The predicted octanol–water partition coefficient (Wildman–Crippen LogP) is 12.5. The minimum absolute atomic E-state index is 0.322. The number of benzene rings is 7. The van der Waals surface area contributed by atoms with Crippen molar-refractivity contribution in [2.24, 2.45) is 0 Å². The molecule has 0 radical (unpaired) electrons. The van der Waals surface area contributed by atoms with Gasteiger partial charge in [0, 0.05) is 0 Å². The highest BCUT2D eigenvalue weighted by atomic mass is 16.3. The number of phenolic OH excluding ortho intramolecular Hbond substituents is 7. The Balaban J connectivity index is 0.000000339. The van der Waals surface area contributed by atoms with Gasteiger partial charge in [-0.3, -0.25) is 0 Å². The van der Waals surface area contributed by atoms with Crippen LogP contribution >= 0.6 is 0 Å². The molecule has 0 saturated heterocycles. The van der Waals surface area contributed by atoms with E-state index in [1.54, 1.807) is 78.9 Å². The van der Waals surface area contributed by atoms with Gasteiger partial charge in [-0.2, -0.15) is 0 Å². The fourth-order valence-electron chi connectivity index (χ4n) is 4.42. The molecule has 58 heavy (non-hydrogen) atoms. The molecular formula is C51H60O7. The van der Waals surface area contributed by atoms with Gasteiger partial charge in [0.15, 0.2) is 0 Å². The third-order valence-corrected chi connectivity index (χ3v) is 7.97. The maximum Gasteiger partial charge on any atom is 0.118 e. The van der Waals surface area contributed by atoms with Crippen molar-refractivity contribution in [3.63, 3.8) is 0 Å². The van der Waals surface area contributed by atoms with Crippen LogP contribution in [0.25, 0.3) is 0 Å². The smallest absolute Gasteiger partial charge is 0.118 e. The Labute approximate surface area is 345 Å². The highest BCUT2D eigenvalue weighted by molar-refractivity contribution is 5.35. The molecule has 0 bridgehead atoms. The van der Waals surface area contributed by atoms with E-state index in [-0.39, 0.29) is 0 Å². The summed E-state index contributed by atoms with van der Waals surface area (Å²) < 4.78 is 0. The van der Waals surface area contributed by atoms with Gasteiger partial charge in [-0.25, -0.2) is 0 Å². The number of aryl methyl sites for hydroxylation is 8. The van der Waals surface area contributed by atoms with Gasteiger partial charge in [0.2, 0.25) is 0 Å². The molecule has 0 saturated carbocycles. The number of phenols is 7. The van der Waals surface area contributed by atoms with Gasteiger partial charge in [0.1, 0.15) is 40.2 Å². The molecule has 7 nitrogen and oxygen atoms in total. The summed E-state index contributed by atoms with van der Waals surface area (Å²) in [5.74, 6) is 2.46. The molecule has 0 aliphatic rings. The van der Waals surface area contributed by atoms with Crippen molar-refractivity contribution in [1.29, 1.82) is 0 Å². The van der Waals surface area contributed by atoms with Gasteiger partial charge in [-0.05, 0) is 155 Å². The number of hydrogen-bond donors (Lipinski definition) is 7. The Hall–Kier alpha value is -6.86. The molecule has 0 aliphatic carbocycles. The summed E-state index contributed by atoms with van der Waals surface area (Å²) in [4.78, 5) is 0. The van der Waals surface area contributed by atoms with Crippen molar-refractivity contribution in [3.05, 3.63) is 208 Å². The molecule has 0 aromatic heterocycles. The first-order chi connectivity index (χ1) is 27.5. The summed E-state index contributed by atoms with van der Waals surface area (Å²) in [7, 11) is 0. The summed E-state index contributed by atoms with van der Waals surface area (Å²) in [6, 6.07) is 48.7. The van der Waals surface area contributed by atoms with Crippen LogP contribution in [0.5, 0.6) is 40.2 Å². The SMILES string of the molecule is CCc1ccc(O)cc1.Cc1ccc(C)c(O)c1.Cc1ccc(O)c(C)c1.Cc1ccc(O)cc1.Cc1cccc(O)c1.Cc1ccccc1O.Oc1ccccc1. The number of rotatable bonds is 1. The van der Waals surface area contributed by atoms with Gasteiger partial charge in [-0.1, -0.05) is 115 Å². The second-order valence-electron chi connectivity index (χ2n) is 13.4. The van der Waals surface area contributed by atoms with Crippen molar-refractivity contribution in [1.82, 2.24) is 0 Å². The lowest BCUT2D eigenvalue weighted by Gasteiger charge is -1.97. The van der Waals surface area contributed by atoms with Gasteiger partial charge in [0.25, 0.3) is 0 Å². The number of aromatic hydroxyl groups is 7. The molecule has 7 rings (SSSR count). The summed E-state index contributed by atoms with van der Waals surface area (Å²) in [5.41, 5.74) is 8.59. The van der Waals surface area contributed by atoms with E-state index in [1.807, 2.05) is 133 Å². The standard InChI is InChI=1S/3C8H10O.3C7H8O.C6H6O/c1-6-3-4-8(9)7(2)5-6;1-6-3-4-7(2)8(9)5-6;1-2-7-3-5-8(9)6-4-7;1-6-2-4-7(8)5-3-6;1-6-3-2-4-7(8)5-6;1-6-4-2-3-5-7(6)8;7-6-4-2-1-3-5-6/h2*3-5,9H,1-2H3;3-6,9H,2H2,1H3;3*2-5,8H,1H3;1-5,7H. The van der Waals surface area contributed by atoms with Crippen molar-refractivity contribution in [2.45, 2.75) is 61.8 Å². The maximum absolute atomic E-state index is 9.10. The van der Waals surface area contributed by atoms with Crippen molar-refractivity contribution in [3.8, 4) is 40.2 Å². The average Bonchev–Trinajstić information content (AvgIpc) is 3.19. The molecule has 7 N–H and O–H groups in total. The van der Waals surface area contributed by atoms with Crippen LogP contribution in [-0.2, 0) is 6.42 Å². The summed E-state index contributed by atoms with van der Waals surface area (Å²) in [5, 5.41) is 62.1. The Kier molecular flexibility index (Phi) is 23.5. The van der Waals surface area contributed by atoms with Crippen molar-refractivity contribution < 1.29 is 35.7 Å². The van der Waals surface area contributed by atoms with Crippen molar-refractivity contribution in [2.75, 3.05) is 0 Å². The van der Waals surface area contributed by atoms with E-state index in [0.29, 0.717) is 40.2 Å². The first kappa shape index (κ1) is 49.2. The van der Waals surface area contributed by atoms with Gasteiger partial charge >= 0.3 is 0 Å². The molecule has 0 unspecified atom stereocenters. The lowest BCUT2D eigenvalue weighted by molar-refractivity contribution is 0.470. The molecule has 306 valence electrons. The normalized spacial score (nSPS) is 9.24. The highest BCUT2D eigenvalue weighted by Crippen LogP contribution is 2.17. The van der Waals surface area contributed by atoms with E-state index in [1.165, 1.54) is 16.7 Å². The van der Waals surface area contributed by atoms with Crippen LogP contribution in [0.3, 0.4) is 0 Å². The van der Waals surface area contributed by atoms with Gasteiger partial charge in [-0.15, -0.1) is 0 Å². The van der Waals surface area contributed by atoms with Gasteiger partial charge in [0.05, 0.1) is 0 Å². The van der Waals surface area contributed by atoms with Crippen LogP contribution in [0.2, 0.25) is 0 Å². The second-order valence-corrected chi connectivity index (χ2v) is 13.4. The lowest BCUT2D eigenvalue weighted by Crippen LogP contribution is -1.75. The van der Waals surface area contributed by atoms with Crippen LogP contribution in [0.4, 0.5) is 0 Å². The van der Waals surface area contributed by atoms with E-state index >= 15 is 0 Å². The third kappa shape index (κ3) is 23.1. The molecule has 0 amide bonds. The van der Waals surface area contributed by atoms with Crippen LogP contribution in [0.15, 0.2) is 164 Å². The van der Waals surface area contributed by atoms with Gasteiger partial charge < -0.3 is 35.7 Å². The molecular weight excluding hydrogens is 725 g/mol. The van der Waals surface area contributed by atoms with E-state index in [4.69, 9.17) is 35.7 Å². The summed E-state index contributed by atoms with van der Waals surface area (Å²) in [6.45, 7) is 15.6. The number of para-hydroxylation sites is 2. The molecule has 7 heteroatoms. The lowest BCUT2D eigenvalue weighted by atomic mass is 10.1. The maximum atomic E-state index is 9.10. The second kappa shape index (κ2) is 27.7. The number of hydrogen-bond acceptors (Lipinski definition) is 7. The van der Waals surface area contributed by atoms with E-state index < -0.39 is 0 Å². The molecule has 0 spiro atoms. The predicted molar refractivity (Wildman–Crippen MR) is 239 cm³/mol. The Bertz CT molecular complexity index is 2040. The monoisotopic (exact) mass is 784 g/mol. The Morgan fingerprint density at radius 3 is 1.10 bits per heavy atom. The van der Waals surface area contributed by atoms with Crippen LogP contribution in [0.1, 0.15) is 51.4 Å². The first-order valence-corrected chi connectivity index (χ1v) is 18.8. The fourth-order valence-corrected chi connectivity index (χ4v) is 4.42. The zero-order chi connectivity index (χ0) is 43.5. The van der Waals surface area contributed by atoms with Crippen molar-refractivity contribution >= 4 is 0 Å². The van der Waals surface area contributed by atoms with Crippen LogP contribution < -0.4 is 0 Å². The molecule has 0 atom stereocenters. The van der Waals surface area contributed by atoms with Crippen LogP contribution in [0, 0.1) is 48.5 Å². The largest absolute Gasteiger partial charge is 0.508 e.